The van der Waals surface area contributed by atoms with Crippen LogP contribution in [0, 0.1) is 6.92 Å². The molecule has 2 atom stereocenters. The van der Waals surface area contributed by atoms with Gasteiger partial charge in [0.05, 0.1) is 11.8 Å². The zero-order valence-corrected chi connectivity index (χ0v) is 17.0. The molecule has 6 heteroatoms. The van der Waals surface area contributed by atoms with Crippen LogP contribution in [0.5, 0.6) is 11.5 Å². The minimum absolute atomic E-state index is 0.0751. The first-order valence-electron chi connectivity index (χ1n) is 8.74. The number of rotatable bonds is 2. The van der Waals surface area contributed by atoms with Gasteiger partial charge in [0.15, 0.2) is 0 Å². The number of thiophene rings is 1. The first kappa shape index (κ1) is 16.8. The Balaban J connectivity index is 1.63. The van der Waals surface area contributed by atoms with Crippen molar-refractivity contribution in [2.24, 2.45) is 5.10 Å². The van der Waals surface area contributed by atoms with Gasteiger partial charge in [-0.2, -0.15) is 16.4 Å². The Hall–Kier alpha value is -2.31. The van der Waals surface area contributed by atoms with E-state index in [0.717, 1.165) is 44.6 Å². The van der Waals surface area contributed by atoms with Crippen LogP contribution in [-0.2, 0) is 0 Å². The zero-order chi connectivity index (χ0) is 18.5. The van der Waals surface area contributed by atoms with E-state index in [0.29, 0.717) is 0 Å². The number of hydrogen-bond donors (Lipinski definition) is 1. The summed E-state index contributed by atoms with van der Waals surface area (Å²) in [6, 6.07) is 13.9. The summed E-state index contributed by atoms with van der Waals surface area (Å²) in [4.78, 5) is 0. The maximum atomic E-state index is 10.4. The Morgan fingerprint density at radius 2 is 2.11 bits per heavy atom. The molecule has 2 aliphatic rings. The van der Waals surface area contributed by atoms with Crippen LogP contribution >= 0.6 is 27.3 Å². The molecule has 0 fully saturated rings. The van der Waals surface area contributed by atoms with Crippen molar-refractivity contribution in [3.05, 3.63) is 80.0 Å². The van der Waals surface area contributed by atoms with Crippen LogP contribution in [0.3, 0.4) is 0 Å². The Morgan fingerprint density at radius 1 is 1.22 bits per heavy atom. The number of aromatic hydroxyl groups is 1. The maximum Gasteiger partial charge on any atom is 0.214 e. The molecule has 0 saturated carbocycles. The number of phenols is 1. The van der Waals surface area contributed by atoms with Gasteiger partial charge in [-0.1, -0.05) is 27.6 Å². The fourth-order valence-corrected chi connectivity index (χ4v) is 4.78. The summed E-state index contributed by atoms with van der Waals surface area (Å²) in [6.07, 6.45) is 0.462. The van der Waals surface area contributed by atoms with Crippen molar-refractivity contribution in [1.29, 1.82) is 0 Å². The molecule has 0 unspecified atom stereocenters. The summed E-state index contributed by atoms with van der Waals surface area (Å²) >= 11 is 5.22. The number of ether oxygens (including phenoxy) is 1. The van der Waals surface area contributed by atoms with Crippen molar-refractivity contribution in [2.45, 2.75) is 25.6 Å². The Morgan fingerprint density at radius 3 is 2.93 bits per heavy atom. The summed E-state index contributed by atoms with van der Waals surface area (Å²) < 4.78 is 7.34. The molecule has 5 rings (SSSR count). The van der Waals surface area contributed by atoms with Gasteiger partial charge in [0.1, 0.15) is 11.5 Å². The van der Waals surface area contributed by atoms with Crippen molar-refractivity contribution in [3.8, 4) is 11.5 Å². The average Bonchev–Trinajstić information content (AvgIpc) is 3.33. The van der Waals surface area contributed by atoms with Crippen LogP contribution in [0.2, 0.25) is 0 Å². The third-order valence-corrected chi connectivity index (χ3v) is 6.24. The lowest BCUT2D eigenvalue weighted by molar-refractivity contribution is -0.0188. The quantitative estimate of drug-likeness (QED) is 0.550. The highest BCUT2D eigenvalue weighted by molar-refractivity contribution is 9.10. The van der Waals surface area contributed by atoms with Crippen LogP contribution in [0.4, 0.5) is 0 Å². The molecule has 0 aliphatic carbocycles. The molecule has 0 saturated heterocycles. The van der Waals surface area contributed by atoms with Crippen LogP contribution in [-0.4, -0.2) is 15.8 Å². The van der Waals surface area contributed by atoms with Gasteiger partial charge in [-0.15, -0.1) is 0 Å². The standard InChI is InChI=1S/C21H17BrN2O2S/c1-12-2-4-19(25)15(8-12)17-10-18-16-9-14(22)3-5-20(16)26-21(24(18)23-17)13-6-7-27-11-13/h2-9,11,18,21,25H,10H2,1H3/t18-,21+/m1/s1. The first-order chi connectivity index (χ1) is 13.1. The molecule has 0 spiro atoms. The van der Waals surface area contributed by atoms with Crippen molar-refractivity contribution in [1.82, 2.24) is 5.01 Å². The van der Waals surface area contributed by atoms with Crippen LogP contribution in [0.1, 0.15) is 40.9 Å². The summed E-state index contributed by atoms with van der Waals surface area (Å²) in [5, 5.41) is 21.5. The van der Waals surface area contributed by atoms with Gasteiger partial charge in [0.25, 0.3) is 0 Å². The molecule has 2 aliphatic heterocycles. The van der Waals surface area contributed by atoms with E-state index in [2.05, 4.69) is 38.8 Å². The molecular weight excluding hydrogens is 424 g/mol. The highest BCUT2D eigenvalue weighted by Gasteiger charge is 2.41. The van der Waals surface area contributed by atoms with E-state index in [9.17, 15) is 5.11 Å². The lowest BCUT2D eigenvalue weighted by atomic mass is 9.95. The Labute approximate surface area is 169 Å². The summed E-state index contributed by atoms with van der Waals surface area (Å²) in [5.41, 5.74) is 4.99. The van der Waals surface area contributed by atoms with Gasteiger partial charge in [-0.25, -0.2) is 5.01 Å². The lowest BCUT2D eigenvalue weighted by Gasteiger charge is -2.37. The minimum Gasteiger partial charge on any atom is -0.507 e. The fourth-order valence-electron chi connectivity index (χ4n) is 3.74. The number of phenolic OH excluding ortho intramolecular Hbond substituents is 1. The van der Waals surface area contributed by atoms with Crippen molar-refractivity contribution >= 4 is 33.0 Å². The number of benzene rings is 2. The van der Waals surface area contributed by atoms with Crippen molar-refractivity contribution in [3.63, 3.8) is 0 Å². The largest absolute Gasteiger partial charge is 0.507 e. The molecule has 27 heavy (non-hydrogen) atoms. The van der Waals surface area contributed by atoms with E-state index in [1.807, 2.05) is 36.2 Å². The molecular formula is C21H17BrN2O2S. The summed E-state index contributed by atoms with van der Waals surface area (Å²) in [6.45, 7) is 2.02. The van der Waals surface area contributed by atoms with E-state index in [4.69, 9.17) is 9.84 Å². The monoisotopic (exact) mass is 440 g/mol. The molecule has 4 nitrogen and oxygen atoms in total. The number of hydrazone groups is 1. The summed E-state index contributed by atoms with van der Waals surface area (Å²) in [7, 11) is 0. The zero-order valence-electron chi connectivity index (χ0n) is 14.6. The fraction of sp³-hybridized carbons (Fsp3) is 0.190. The molecule has 1 N–H and O–H groups in total. The number of nitrogens with zero attached hydrogens (tertiary/aromatic N) is 2. The third-order valence-electron chi connectivity index (χ3n) is 5.04. The molecule has 1 aromatic heterocycles. The molecule has 0 bridgehead atoms. The van der Waals surface area contributed by atoms with Gasteiger partial charge in [0, 0.05) is 27.6 Å². The molecule has 3 aromatic rings. The second-order valence-corrected chi connectivity index (χ2v) is 8.57. The second kappa shape index (κ2) is 6.39. The van der Waals surface area contributed by atoms with Crippen molar-refractivity contribution in [2.75, 3.05) is 0 Å². The molecule has 136 valence electrons. The predicted octanol–water partition coefficient (Wildman–Crippen LogP) is 5.77. The normalized spacial score (nSPS) is 20.7. The SMILES string of the molecule is Cc1ccc(O)c(C2=NN3[C@H](C2)c2cc(Br)ccc2O[C@H]3c2ccsc2)c1. The van der Waals surface area contributed by atoms with E-state index in [1.165, 1.54) is 0 Å². The number of halogens is 1. The Kier molecular flexibility index (Phi) is 3.98. The van der Waals surface area contributed by atoms with Gasteiger partial charge in [-0.05, 0) is 54.1 Å². The molecule has 3 heterocycles. The van der Waals surface area contributed by atoms with E-state index in [-0.39, 0.29) is 18.0 Å². The molecule has 0 amide bonds. The Bertz CT molecular complexity index is 1050. The predicted molar refractivity (Wildman–Crippen MR) is 110 cm³/mol. The molecule has 0 radical (unpaired) electrons. The first-order valence-corrected chi connectivity index (χ1v) is 10.5. The molecule has 2 aromatic carbocycles. The smallest absolute Gasteiger partial charge is 0.214 e. The lowest BCUT2D eigenvalue weighted by Crippen LogP contribution is -2.33. The van der Waals surface area contributed by atoms with Crippen LogP contribution in [0.15, 0.2) is 62.8 Å². The van der Waals surface area contributed by atoms with Gasteiger partial charge in [0.2, 0.25) is 6.23 Å². The highest BCUT2D eigenvalue weighted by atomic mass is 79.9. The maximum absolute atomic E-state index is 10.4. The number of aryl methyl sites for hydroxylation is 1. The topological polar surface area (TPSA) is 45.1 Å². The van der Waals surface area contributed by atoms with E-state index < -0.39 is 0 Å². The highest BCUT2D eigenvalue weighted by Crippen LogP contribution is 2.48. The number of fused-ring (bicyclic) bond motifs is 3. The van der Waals surface area contributed by atoms with Crippen LogP contribution < -0.4 is 4.74 Å². The van der Waals surface area contributed by atoms with E-state index in [1.54, 1.807) is 17.4 Å². The van der Waals surface area contributed by atoms with Gasteiger partial charge >= 0.3 is 0 Å². The minimum atomic E-state index is -0.264. The van der Waals surface area contributed by atoms with Gasteiger partial charge in [-0.3, -0.25) is 0 Å². The average molecular weight is 441 g/mol. The second-order valence-electron chi connectivity index (χ2n) is 6.88. The van der Waals surface area contributed by atoms with Gasteiger partial charge < -0.3 is 9.84 Å². The van der Waals surface area contributed by atoms with Crippen LogP contribution in [0.25, 0.3) is 0 Å². The number of hydrogen-bond acceptors (Lipinski definition) is 5. The van der Waals surface area contributed by atoms with E-state index >= 15 is 0 Å². The third kappa shape index (κ3) is 2.84. The summed E-state index contributed by atoms with van der Waals surface area (Å²) in [5.74, 6) is 1.15. The van der Waals surface area contributed by atoms with Crippen molar-refractivity contribution < 1.29 is 9.84 Å².